The number of carbonyl (C=O) groups excluding carboxylic acids is 2. The lowest BCUT2D eigenvalue weighted by Crippen LogP contribution is -2.29. The van der Waals surface area contributed by atoms with Gasteiger partial charge in [-0.15, -0.1) is 0 Å². The van der Waals surface area contributed by atoms with Crippen LogP contribution in [0.1, 0.15) is 31.2 Å². The molecule has 1 aromatic rings. The van der Waals surface area contributed by atoms with Crippen LogP contribution in [-0.4, -0.2) is 36.2 Å². The highest BCUT2D eigenvalue weighted by Gasteiger charge is 2.28. The molecule has 0 spiro atoms. The van der Waals surface area contributed by atoms with Crippen molar-refractivity contribution in [1.82, 2.24) is 4.90 Å². The van der Waals surface area contributed by atoms with E-state index in [1.54, 1.807) is 4.90 Å². The second kappa shape index (κ2) is 5.75. The Morgan fingerprint density at radius 3 is 2.25 bits per heavy atom. The van der Waals surface area contributed by atoms with Gasteiger partial charge in [-0.1, -0.05) is 18.6 Å². The van der Waals surface area contributed by atoms with Crippen LogP contribution in [0.15, 0.2) is 24.3 Å². The first-order chi connectivity index (χ1) is 9.72. The maximum atomic E-state index is 11.7. The van der Waals surface area contributed by atoms with Crippen LogP contribution in [0.4, 0.5) is 5.69 Å². The second-order valence-electron chi connectivity index (χ2n) is 5.70. The first kappa shape index (κ1) is 13.3. The van der Waals surface area contributed by atoms with Gasteiger partial charge in [0, 0.05) is 12.2 Å². The Bertz CT molecular complexity index is 504. The van der Waals surface area contributed by atoms with Crippen LogP contribution in [0.3, 0.4) is 0 Å². The summed E-state index contributed by atoms with van der Waals surface area (Å²) in [7, 11) is 0. The zero-order valence-corrected chi connectivity index (χ0v) is 11.7. The number of anilines is 1. The first-order valence-electron chi connectivity index (χ1n) is 7.36. The Kier molecular flexibility index (Phi) is 3.83. The van der Waals surface area contributed by atoms with Crippen molar-refractivity contribution in [3.63, 3.8) is 0 Å². The third-order valence-electron chi connectivity index (χ3n) is 4.09. The van der Waals surface area contributed by atoms with E-state index in [1.807, 2.05) is 12.1 Å². The zero-order valence-electron chi connectivity index (χ0n) is 11.7. The van der Waals surface area contributed by atoms with Crippen LogP contribution in [-0.2, 0) is 16.1 Å². The number of likely N-dealkylation sites (tertiary alicyclic amines) is 1. The summed E-state index contributed by atoms with van der Waals surface area (Å²) >= 11 is 0. The van der Waals surface area contributed by atoms with Crippen molar-refractivity contribution in [1.29, 1.82) is 0 Å². The average molecular weight is 272 g/mol. The maximum Gasteiger partial charge on any atom is 0.234 e. The molecule has 20 heavy (non-hydrogen) atoms. The maximum absolute atomic E-state index is 11.7. The predicted octanol–water partition coefficient (Wildman–Crippen LogP) is 1.98. The van der Waals surface area contributed by atoms with Crippen LogP contribution in [0.2, 0.25) is 0 Å². The molecule has 0 aliphatic carbocycles. The molecule has 2 fully saturated rings. The predicted molar refractivity (Wildman–Crippen MR) is 77.5 cm³/mol. The van der Waals surface area contributed by atoms with Gasteiger partial charge in [0.15, 0.2) is 5.78 Å². The van der Waals surface area contributed by atoms with E-state index in [0.29, 0.717) is 0 Å². The number of amides is 1. The Morgan fingerprint density at radius 2 is 1.65 bits per heavy atom. The van der Waals surface area contributed by atoms with Crippen molar-refractivity contribution in [3.05, 3.63) is 29.8 Å². The molecular formula is C16H20N2O2. The van der Waals surface area contributed by atoms with Crippen molar-refractivity contribution in [2.75, 3.05) is 24.5 Å². The first-order valence-corrected chi connectivity index (χ1v) is 7.36. The Labute approximate surface area is 119 Å². The highest BCUT2D eigenvalue weighted by Crippen LogP contribution is 2.21. The number of Topliss-reactive ketones (excluding diaryl/α,β-unsaturated/α-hetero) is 1. The van der Waals surface area contributed by atoms with Crippen LogP contribution < -0.4 is 4.90 Å². The van der Waals surface area contributed by atoms with Gasteiger partial charge in [-0.2, -0.15) is 0 Å². The lowest BCUT2D eigenvalue weighted by atomic mass is 10.1. The normalized spacial score (nSPS) is 20.7. The summed E-state index contributed by atoms with van der Waals surface area (Å²) in [6.45, 7) is 3.57. The topological polar surface area (TPSA) is 40.6 Å². The molecule has 1 aromatic carbocycles. The molecule has 106 valence electrons. The zero-order chi connectivity index (χ0) is 13.9. The summed E-state index contributed by atoms with van der Waals surface area (Å²) in [5.41, 5.74) is 2.11. The summed E-state index contributed by atoms with van der Waals surface area (Å²) in [5.74, 6) is -0.0776. The molecule has 4 nitrogen and oxygen atoms in total. The molecule has 0 unspecified atom stereocenters. The summed E-state index contributed by atoms with van der Waals surface area (Å²) in [6.07, 6.45) is 3.99. The van der Waals surface area contributed by atoms with E-state index in [1.165, 1.54) is 37.9 Å². The molecule has 1 amide bonds. The number of benzene rings is 1. The molecule has 0 aromatic heterocycles. The van der Waals surface area contributed by atoms with Crippen molar-refractivity contribution < 1.29 is 9.59 Å². The summed E-state index contributed by atoms with van der Waals surface area (Å²) in [6, 6.07) is 8.05. The number of carbonyl (C=O) groups is 2. The molecule has 4 heteroatoms. The fourth-order valence-corrected chi connectivity index (χ4v) is 2.98. The van der Waals surface area contributed by atoms with Crippen molar-refractivity contribution >= 4 is 17.4 Å². The van der Waals surface area contributed by atoms with E-state index in [9.17, 15) is 9.59 Å². The molecule has 0 N–H and O–H groups in total. The molecule has 0 bridgehead atoms. The minimum absolute atomic E-state index is 0.00685. The van der Waals surface area contributed by atoms with E-state index in [4.69, 9.17) is 0 Å². The Balaban J connectivity index is 1.65. The van der Waals surface area contributed by atoms with Gasteiger partial charge in [-0.25, -0.2) is 0 Å². The number of nitrogens with zero attached hydrogens (tertiary/aromatic N) is 2. The number of piperidine rings is 1. The van der Waals surface area contributed by atoms with Crippen LogP contribution >= 0.6 is 0 Å². The molecule has 0 saturated carbocycles. The highest BCUT2D eigenvalue weighted by molar-refractivity contribution is 6.14. The number of rotatable bonds is 3. The number of ketones is 1. The highest BCUT2D eigenvalue weighted by atomic mass is 16.2. The van der Waals surface area contributed by atoms with E-state index >= 15 is 0 Å². The molecule has 2 aliphatic heterocycles. The van der Waals surface area contributed by atoms with E-state index < -0.39 is 0 Å². The average Bonchev–Trinajstić information content (AvgIpc) is 2.80. The van der Waals surface area contributed by atoms with Gasteiger partial charge in [-0.3, -0.25) is 14.5 Å². The second-order valence-corrected chi connectivity index (χ2v) is 5.70. The third-order valence-corrected chi connectivity index (χ3v) is 4.09. The standard InChI is InChI=1S/C16H20N2O2/c19-15-10-16(20)18(12-15)14-6-4-13(5-7-14)11-17-8-2-1-3-9-17/h4-7H,1-3,8-12H2. The molecule has 2 saturated heterocycles. The summed E-state index contributed by atoms with van der Waals surface area (Å²) in [4.78, 5) is 27.0. The fourth-order valence-electron chi connectivity index (χ4n) is 2.98. The number of hydrogen-bond donors (Lipinski definition) is 0. The van der Waals surface area contributed by atoms with Crippen molar-refractivity contribution in [3.8, 4) is 0 Å². The monoisotopic (exact) mass is 272 g/mol. The van der Waals surface area contributed by atoms with Gasteiger partial charge >= 0.3 is 0 Å². The van der Waals surface area contributed by atoms with Crippen molar-refractivity contribution in [2.45, 2.75) is 32.2 Å². The fraction of sp³-hybridized carbons (Fsp3) is 0.500. The van der Waals surface area contributed by atoms with Gasteiger partial charge in [0.25, 0.3) is 0 Å². The largest absolute Gasteiger partial charge is 0.305 e. The van der Waals surface area contributed by atoms with Crippen LogP contribution in [0, 0.1) is 0 Å². The van der Waals surface area contributed by atoms with Crippen molar-refractivity contribution in [2.24, 2.45) is 0 Å². The quantitative estimate of drug-likeness (QED) is 0.790. The van der Waals surface area contributed by atoms with Crippen LogP contribution in [0.5, 0.6) is 0 Å². The lowest BCUT2D eigenvalue weighted by molar-refractivity contribution is -0.121. The SMILES string of the molecule is O=C1CC(=O)N(c2ccc(CN3CCCCC3)cc2)C1. The van der Waals surface area contributed by atoms with Gasteiger partial charge in [0.05, 0.1) is 13.0 Å². The molecule has 0 atom stereocenters. The Hall–Kier alpha value is -1.68. The summed E-state index contributed by atoms with van der Waals surface area (Å²) < 4.78 is 0. The lowest BCUT2D eigenvalue weighted by Gasteiger charge is -2.26. The minimum Gasteiger partial charge on any atom is -0.305 e. The van der Waals surface area contributed by atoms with Crippen LogP contribution in [0.25, 0.3) is 0 Å². The molecule has 0 radical (unpaired) electrons. The van der Waals surface area contributed by atoms with Gasteiger partial charge in [0.1, 0.15) is 0 Å². The molecule has 3 rings (SSSR count). The third kappa shape index (κ3) is 2.90. The van der Waals surface area contributed by atoms with Gasteiger partial charge in [-0.05, 0) is 43.6 Å². The molecule has 2 aliphatic rings. The smallest absolute Gasteiger partial charge is 0.234 e. The van der Waals surface area contributed by atoms with E-state index in [0.717, 1.165) is 12.2 Å². The van der Waals surface area contributed by atoms with Gasteiger partial charge < -0.3 is 4.90 Å². The molecular weight excluding hydrogens is 252 g/mol. The van der Waals surface area contributed by atoms with E-state index in [-0.39, 0.29) is 24.7 Å². The number of hydrogen-bond acceptors (Lipinski definition) is 3. The summed E-state index contributed by atoms with van der Waals surface area (Å²) in [5, 5.41) is 0. The van der Waals surface area contributed by atoms with Gasteiger partial charge in [0.2, 0.25) is 5.91 Å². The minimum atomic E-state index is -0.0845. The van der Waals surface area contributed by atoms with E-state index in [2.05, 4.69) is 17.0 Å². The molecule has 2 heterocycles. The Morgan fingerprint density at radius 1 is 0.950 bits per heavy atom.